The molecule has 0 aromatic heterocycles. The highest BCUT2D eigenvalue weighted by Crippen LogP contribution is 2.07. The van der Waals surface area contributed by atoms with Crippen LogP contribution < -0.4 is 0 Å². The van der Waals surface area contributed by atoms with Crippen molar-refractivity contribution in [2.75, 3.05) is 14.2 Å². The average Bonchev–Trinajstić information content (AvgIpc) is 2.22. The fraction of sp³-hybridized carbons (Fsp3) is 1.00. The molecule has 0 N–H and O–H groups in total. The van der Waals surface area contributed by atoms with E-state index in [9.17, 15) is 0 Å². The summed E-state index contributed by atoms with van der Waals surface area (Å²) in [7, 11) is 3.32. The van der Waals surface area contributed by atoms with Gasteiger partial charge in [-0.1, -0.05) is 51.5 Å². The SMILES string of the molecule is CCCCCCCC[SiH2]C(OC)OC. The van der Waals surface area contributed by atoms with Crippen LogP contribution >= 0.6 is 0 Å². The lowest BCUT2D eigenvalue weighted by atomic mass is 10.1. The van der Waals surface area contributed by atoms with Gasteiger partial charge in [0.1, 0.15) is 5.91 Å². The second-order valence-electron chi connectivity index (χ2n) is 3.81. The summed E-state index contributed by atoms with van der Waals surface area (Å²) in [6.07, 6.45) is 8.33. The zero-order valence-electron chi connectivity index (χ0n) is 10.1. The van der Waals surface area contributed by atoms with E-state index in [2.05, 4.69) is 6.92 Å². The fourth-order valence-electron chi connectivity index (χ4n) is 1.60. The molecule has 2 nitrogen and oxygen atoms in total. The molecule has 0 amide bonds. The van der Waals surface area contributed by atoms with E-state index in [0.717, 1.165) is 0 Å². The Hall–Kier alpha value is 0.137. The standard InChI is InChI=1S/C11H26O2Si/c1-4-5-6-7-8-9-10-14-11(12-2)13-3/h11H,4-10,14H2,1-3H3. The van der Waals surface area contributed by atoms with E-state index in [4.69, 9.17) is 9.47 Å². The Balaban J connectivity index is 3.04. The molecule has 0 bridgehead atoms. The molecular formula is C11H26O2Si. The number of hydrogen-bond acceptors (Lipinski definition) is 2. The van der Waals surface area contributed by atoms with Crippen LogP contribution in [-0.2, 0) is 9.47 Å². The van der Waals surface area contributed by atoms with E-state index in [0.29, 0.717) is 0 Å². The third-order valence-corrected chi connectivity index (χ3v) is 4.62. The molecule has 0 heterocycles. The summed E-state index contributed by atoms with van der Waals surface area (Å²) in [5, 5.41) is 0. The van der Waals surface area contributed by atoms with Gasteiger partial charge >= 0.3 is 0 Å². The minimum Gasteiger partial charge on any atom is -0.360 e. The van der Waals surface area contributed by atoms with E-state index in [1.807, 2.05) is 0 Å². The molecule has 0 spiro atoms. The van der Waals surface area contributed by atoms with Gasteiger partial charge in [-0.15, -0.1) is 0 Å². The van der Waals surface area contributed by atoms with Gasteiger partial charge in [0, 0.05) is 14.2 Å². The first-order valence-corrected chi connectivity index (χ1v) is 7.72. The molecule has 0 radical (unpaired) electrons. The number of unbranched alkanes of at least 4 members (excludes halogenated alkanes) is 5. The van der Waals surface area contributed by atoms with Gasteiger partial charge in [0.05, 0.1) is 9.52 Å². The molecular weight excluding hydrogens is 192 g/mol. The van der Waals surface area contributed by atoms with E-state index in [-0.39, 0.29) is 15.4 Å². The van der Waals surface area contributed by atoms with Gasteiger partial charge in [0.2, 0.25) is 0 Å². The van der Waals surface area contributed by atoms with Crippen LogP contribution in [-0.4, -0.2) is 29.7 Å². The fourth-order valence-corrected chi connectivity index (χ4v) is 3.05. The Labute approximate surface area is 91.2 Å². The van der Waals surface area contributed by atoms with Crippen molar-refractivity contribution in [1.29, 1.82) is 0 Å². The van der Waals surface area contributed by atoms with Crippen molar-refractivity contribution < 1.29 is 9.47 Å². The topological polar surface area (TPSA) is 18.5 Å². The summed E-state index contributed by atoms with van der Waals surface area (Å²) in [4.78, 5) is 0. The molecule has 0 saturated heterocycles. The number of methoxy groups -OCH3 is 2. The summed E-state index contributed by atoms with van der Waals surface area (Å²) in [6, 6.07) is 1.36. The second-order valence-corrected chi connectivity index (χ2v) is 5.76. The maximum atomic E-state index is 5.18. The molecule has 86 valence electrons. The Morgan fingerprint density at radius 3 is 2.07 bits per heavy atom. The van der Waals surface area contributed by atoms with Crippen LogP contribution in [0.5, 0.6) is 0 Å². The highest BCUT2D eigenvalue weighted by Gasteiger charge is 2.04. The van der Waals surface area contributed by atoms with Gasteiger partial charge in [0.25, 0.3) is 0 Å². The van der Waals surface area contributed by atoms with Crippen LogP contribution in [0.25, 0.3) is 0 Å². The minimum absolute atomic E-state index is 0.144. The predicted molar refractivity (Wildman–Crippen MR) is 64.5 cm³/mol. The van der Waals surface area contributed by atoms with Gasteiger partial charge in [-0.2, -0.15) is 0 Å². The van der Waals surface area contributed by atoms with Crippen molar-refractivity contribution in [3.63, 3.8) is 0 Å². The van der Waals surface area contributed by atoms with Gasteiger partial charge < -0.3 is 9.47 Å². The monoisotopic (exact) mass is 218 g/mol. The largest absolute Gasteiger partial charge is 0.360 e. The smallest absolute Gasteiger partial charge is 0.134 e. The van der Waals surface area contributed by atoms with Crippen LogP contribution in [0.15, 0.2) is 0 Å². The molecule has 14 heavy (non-hydrogen) atoms. The van der Waals surface area contributed by atoms with E-state index in [1.54, 1.807) is 14.2 Å². The molecule has 3 heteroatoms. The Morgan fingerprint density at radius 2 is 1.50 bits per heavy atom. The van der Waals surface area contributed by atoms with Crippen LogP contribution in [0, 0.1) is 0 Å². The van der Waals surface area contributed by atoms with Crippen molar-refractivity contribution in [2.45, 2.75) is 57.4 Å². The third-order valence-electron chi connectivity index (χ3n) is 2.57. The Bertz CT molecular complexity index is 105. The third kappa shape index (κ3) is 8.72. The maximum Gasteiger partial charge on any atom is 0.134 e. The van der Waals surface area contributed by atoms with Crippen molar-refractivity contribution >= 4 is 9.52 Å². The number of hydrogen-bond donors (Lipinski definition) is 0. The molecule has 0 aromatic carbocycles. The highest BCUT2D eigenvalue weighted by molar-refractivity contribution is 6.36. The molecule has 0 unspecified atom stereocenters. The normalized spacial score (nSPS) is 12.0. The van der Waals surface area contributed by atoms with Gasteiger partial charge in [-0.25, -0.2) is 0 Å². The first-order chi connectivity index (χ1) is 6.85. The molecule has 0 aliphatic carbocycles. The quantitative estimate of drug-likeness (QED) is 0.319. The van der Waals surface area contributed by atoms with Gasteiger partial charge in [-0.05, 0) is 0 Å². The molecule has 0 rings (SSSR count). The van der Waals surface area contributed by atoms with Crippen LogP contribution in [0.1, 0.15) is 45.4 Å². The zero-order valence-corrected chi connectivity index (χ0v) is 11.5. The maximum absolute atomic E-state index is 5.18. The first kappa shape index (κ1) is 14.1. The van der Waals surface area contributed by atoms with E-state index < -0.39 is 0 Å². The lowest BCUT2D eigenvalue weighted by Gasteiger charge is -2.11. The molecule has 0 aliphatic rings. The Morgan fingerprint density at radius 1 is 0.929 bits per heavy atom. The molecule has 0 aliphatic heterocycles. The number of rotatable bonds is 10. The lowest BCUT2D eigenvalue weighted by Crippen LogP contribution is -2.20. The molecule has 0 aromatic rings. The van der Waals surface area contributed by atoms with Crippen LogP contribution in [0.3, 0.4) is 0 Å². The summed E-state index contributed by atoms with van der Waals surface area (Å²) in [6.45, 7) is 2.26. The van der Waals surface area contributed by atoms with Gasteiger partial charge in [0.15, 0.2) is 0 Å². The Kier molecular flexibility index (Phi) is 11.3. The van der Waals surface area contributed by atoms with Gasteiger partial charge in [-0.3, -0.25) is 0 Å². The van der Waals surface area contributed by atoms with Crippen LogP contribution in [0.4, 0.5) is 0 Å². The number of ether oxygens (including phenoxy) is 2. The molecule has 0 atom stereocenters. The summed E-state index contributed by atoms with van der Waals surface area (Å²) < 4.78 is 10.4. The predicted octanol–water partition coefficient (Wildman–Crippen LogP) is 2.51. The van der Waals surface area contributed by atoms with E-state index in [1.165, 1.54) is 44.6 Å². The summed E-state index contributed by atoms with van der Waals surface area (Å²) >= 11 is 0. The molecule has 0 saturated carbocycles. The van der Waals surface area contributed by atoms with E-state index >= 15 is 0 Å². The highest BCUT2D eigenvalue weighted by atomic mass is 28.2. The first-order valence-electron chi connectivity index (χ1n) is 5.90. The zero-order chi connectivity index (χ0) is 10.6. The second kappa shape index (κ2) is 11.2. The van der Waals surface area contributed by atoms with Crippen LogP contribution in [0.2, 0.25) is 6.04 Å². The van der Waals surface area contributed by atoms with Crippen molar-refractivity contribution in [3.05, 3.63) is 0 Å². The van der Waals surface area contributed by atoms with Crippen molar-refractivity contribution in [1.82, 2.24) is 0 Å². The van der Waals surface area contributed by atoms with Crippen molar-refractivity contribution in [3.8, 4) is 0 Å². The summed E-state index contributed by atoms with van der Waals surface area (Å²) in [5.74, 6) is 0.144. The summed E-state index contributed by atoms with van der Waals surface area (Å²) in [5.41, 5.74) is 0. The lowest BCUT2D eigenvalue weighted by molar-refractivity contribution is -0.0441. The van der Waals surface area contributed by atoms with Crippen molar-refractivity contribution in [2.24, 2.45) is 0 Å². The average molecular weight is 218 g/mol. The molecule has 0 fully saturated rings. The minimum atomic E-state index is -0.159.